The van der Waals surface area contributed by atoms with Crippen LogP contribution in [0.25, 0.3) is 0 Å². The smallest absolute Gasteiger partial charge is 0.240 e. The van der Waals surface area contributed by atoms with Crippen molar-refractivity contribution in [1.82, 2.24) is 5.43 Å². The van der Waals surface area contributed by atoms with E-state index in [0.29, 0.717) is 0 Å². The minimum atomic E-state index is -0.209. The van der Waals surface area contributed by atoms with Gasteiger partial charge in [-0.3, -0.25) is 9.59 Å². The largest absolute Gasteiger partial charge is 0.326 e. The Balaban J connectivity index is 1.74. The fraction of sp³-hybridized carbons (Fsp3) is 0.500. The van der Waals surface area contributed by atoms with E-state index in [-0.39, 0.29) is 24.7 Å². The fourth-order valence-corrected chi connectivity index (χ4v) is 2.66. The van der Waals surface area contributed by atoms with Gasteiger partial charge in [-0.15, -0.1) is 0 Å². The molecule has 2 amide bonds. The Hall–Kier alpha value is -2.17. The summed E-state index contributed by atoms with van der Waals surface area (Å²) >= 11 is 0. The molecule has 1 aromatic rings. The second-order valence-corrected chi connectivity index (χ2v) is 6.14. The zero-order valence-electron chi connectivity index (χ0n) is 13.9. The average Bonchev–Trinajstić information content (AvgIpc) is 2.54. The molecule has 0 heterocycles. The molecule has 1 saturated carbocycles. The van der Waals surface area contributed by atoms with Crippen molar-refractivity contribution in [2.45, 2.75) is 58.8 Å². The summed E-state index contributed by atoms with van der Waals surface area (Å²) in [7, 11) is 0. The van der Waals surface area contributed by atoms with E-state index in [1.54, 1.807) is 0 Å². The molecular formula is C18H25N3O2. The van der Waals surface area contributed by atoms with E-state index in [0.717, 1.165) is 48.2 Å². The molecule has 0 spiro atoms. The molecule has 0 bridgehead atoms. The first kappa shape index (κ1) is 17.2. The van der Waals surface area contributed by atoms with Gasteiger partial charge >= 0.3 is 0 Å². The first-order valence-electron chi connectivity index (χ1n) is 8.26. The summed E-state index contributed by atoms with van der Waals surface area (Å²) < 4.78 is 0. The zero-order valence-corrected chi connectivity index (χ0v) is 13.9. The van der Waals surface area contributed by atoms with Gasteiger partial charge in [-0.05, 0) is 51.2 Å². The van der Waals surface area contributed by atoms with Gasteiger partial charge < -0.3 is 5.32 Å². The Morgan fingerprint density at radius 2 is 1.74 bits per heavy atom. The zero-order chi connectivity index (χ0) is 16.7. The highest BCUT2D eigenvalue weighted by atomic mass is 16.2. The van der Waals surface area contributed by atoms with Gasteiger partial charge in [-0.1, -0.05) is 24.1 Å². The molecule has 5 heteroatoms. The molecule has 5 nitrogen and oxygen atoms in total. The van der Waals surface area contributed by atoms with E-state index < -0.39 is 0 Å². The number of hydrogen-bond donors (Lipinski definition) is 2. The van der Waals surface area contributed by atoms with Gasteiger partial charge in [-0.25, -0.2) is 5.43 Å². The predicted octanol–water partition coefficient (Wildman–Crippen LogP) is 3.46. The number of carbonyl (C=O) groups is 2. The van der Waals surface area contributed by atoms with Crippen LogP contribution >= 0.6 is 0 Å². The molecule has 1 aromatic carbocycles. The first-order valence-corrected chi connectivity index (χ1v) is 8.26. The third kappa shape index (κ3) is 5.85. The van der Waals surface area contributed by atoms with Crippen LogP contribution in [0.4, 0.5) is 5.69 Å². The van der Waals surface area contributed by atoms with Crippen molar-refractivity contribution in [3.63, 3.8) is 0 Å². The number of aryl methyl sites for hydroxylation is 2. The topological polar surface area (TPSA) is 70.6 Å². The Kier molecular flexibility index (Phi) is 6.32. The molecule has 0 unspecified atom stereocenters. The van der Waals surface area contributed by atoms with E-state index in [9.17, 15) is 9.59 Å². The molecule has 124 valence electrons. The lowest BCUT2D eigenvalue weighted by atomic mass is 9.99. The Morgan fingerprint density at radius 3 is 2.43 bits per heavy atom. The number of rotatable bonds is 5. The maximum Gasteiger partial charge on any atom is 0.240 e. The number of hydrazone groups is 1. The van der Waals surface area contributed by atoms with Crippen LogP contribution in [0.15, 0.2) is 23.3 Å². The molecule has 1 aliphatic carbocycles. The van der Waals surface area contributed by atoms with Crippen molar-refractivity contribution in [1.29, 1.82) is 0 Å². The quantitative estimate of drug-likeness (QED) is 0.817. The fourth-order valence-electron chi connectivity index (χ4n) is 2.66. The third-order valence-electron chi connectivity index (χ3n) is 4.00. The van der Waals surface area contributed by atoms with Crippen LogP contribution in [0.3, 0.4) is 0 Å². The monoisotopic (exact) mass is 315 g/mol. The lowest BCUT2D eigenvalue weighted by Gasteiger charge is -2.12. The lowest BCUT2D eigenvalue weighted by Crippen LogP contribution is -2.22. The number of amides is 2. The van der Waals surface area contributed by atoms with Gasteiger partial charge in [0.05, 0.1) is 0 Å². The van der Waals surface area contributed by atoms with E-state index in [1.807, 2.05) is 32.0 Å². The van der Waals surface area contributed by atoms with Gasteiger partial charge in [0.2, 0.25) is 11.8 Å². The van der Waals surface area contributed by atoms with Crippen LogP contribution in [-0.4, -0.2) is 17.5 Å². The lowest BCUT2D eigenvalue weighted by molar-refractivity contribution is -0.124. The van der Waals surface area contributed by atoms with Gasteiger partial charge in [0.1, 0.15) is 0 Å². The van der Waals surface area contributed by atoms with E-state index in [2.05, 4.69) is 15.8 Å². The molecule has 0 saturated heterocycles. The minimum absolute atomic E-state index is 0.146. The molecule has 2 rings (SSSR count). The summed E-state index contributed by atoms with van der Waals surface area (Å²) in [5.41, 5.74) is 6.59. The van der Waals surface area contributed by atoms with Crippen molar-refractivity contribution in [2.24, 2.45) is 5.10 Å². The number of nitrogens with zero attached hydrogens (tertiary/aromatic N) is 1. The SMILES string of the molecule is Cc1ccc(NC(=O)CCC(=O)NN=C2CCCCC2)c(C)c1. The average molecular weight is 315 g/mol. The van der Waals surface area contributed by atoms with E-state index in [4.69, 9.17) is 0 Å². The molecule has 0 radical (unpaired) electrons. The van der Waals surface area contributed by atoms with Gasteiger partial charge in [0.25, 0.3) is 0 Å². The van der Waals surface area contributed by atoms with Crippen LogP contribution in [0.1, 0.15) is 56.1 Å². The predicted molar refractivity (Wildman–Crippen MR) is 92.4 cm³/mol. The van der Waals surface area contributed by atoms with Crippen molar-refractivity contribution in [2.75, 3.05) is 5.32 Å². The normalized spacial score (nSPS) is 14.3. The summed E-state index contributed by atoms with van der Waals surface area (Å²) in [5.74, 6) is -0.365. The van der Waals surface area contributed by atoms with E-state index in [1.165, 1.54) is 6.42 Å². The number of nitrogens with one attached hydrogen (secondary N) is 2. The maximum atomic E-state index is 11.9. The molecule has 1 aliphatic rings. The summed E-state index contributed by atoms with van der Waals surface area (Å²) in [6, 6.07) is 5.86. The molecule has 0 aromatic heterocycles. The number of hydrogen-bond acceptors (Lipinski definition) is 3. The Bertz CT molecular complexity index is 600. The van der Waals surface area contributed by atoms with Crippen LogP contribution in [0.5, 0.6) is 0 Å². The summed E-state index contributed by atoms with van der Waals surface area (Å²) in [6.07, 6.45) is 5.77. The highest BCUT2D eigenvalue weighted by Gasteiger charge is 2.10. The Morgan fingerprint density at radius 1 is 1.04 bits per heavy atom. The minimum Gasteiger partial charge on any atom is -0.326 e. The maximum absolute atomic E-state index is 11.9. The molecule has 0 aliphatic heterocycles. The number of benzene rings is 1. The van der Waals surface area contributed by atoms with E-state index >= 15 is 0 Å². The molecule has 23 heavy (non-hydrogen) atoms. The molecular weight excluding hydrogens is 290 g/mol. The standard InChI is InChI=1S/C18H25N3O2/c1-13-8-9-16(14(2)12-13)19-17(22)10-11-18(23)21-20-15-6-4-3-5-7-15/h8-9,12H,3-7,10-11H2,1-2H3,(H,19,22)(H,21,23). The molecule has 0 atom stereocenters. The van der Waals surface area contributed by atoms with Gasteiger partial charge in [0, 0.05) is 24.2 Å². The summed E-state index contributed by atoms with van der Waals surface area (Å²) in [6.45, 7) is 3.96. The van der Waals surface area contributed by atoms with Gasteiger partial charge in [-0.2, -0.15) is 5.10 Å². The summed E-state index contributed by atoms with van der Waals surface area (Å²) in [5, 5.41) is 7.00. The van der Waals surface area contributed by atoms with Crippen LogP contribution in [-0.2, 0) is 9.59 Å². The van der Waals surface area contributed by atoms with Crippen molar-refractivity contribution >= 4 is 23.2 Å². The third-order valence-corrected chi connectivity index (χ3v) is 4.00. The van der Waals surface area contributed by atoms with Crippen molar-refractivity contribution in [3.8, 4) is 0 Å². The second-order valence-electron chi connectivity index (χ2n) is 6.14. The van der Waals surface area contributed by atoms with Crippen LogP contribution in [0, 0.1) is 13.8 Å². The van der Waals surface area contributed by atoms with Crippen molar-refractivity contribution < 1.29 is 9.59 Å². The highest BCUT2D eigenvalue weighted by molar-refractivity contribution is 5.94. The van der Waals surface area contributed by atoms with Crippen molar-refractivity contribution in [3.05, 3.63) is 29.3 Å². The number of anilines is 1. The Labute approximate surface area is 137 Å². The molecule has 1 fully saturated rings. The van der Waals surface area contributed by atoms with Crippen LogP contribution < -0.4 is 10.7 Å². The first-order chi connectivity index (χ1) is 11.0. The highest BCUT2D eigenvalue weighted by Crippen LogP contribution is 2.16. The van der Waals surface area contributed by atoms with Crippen LogP contribution in [0.2, 0.25) is 0 Å². The second kappa shape index (κ2) is 8.46. The summed E-state index contributed by atoms with van der Waals surface area (Å²) in [4.78, 5) is 23.7. The molecule has 2 N–H and O–H groups in total. The number of carbonyl (C=O) groups excluding carboxylic acids is 2. The van der Waals surface area contributed by atoms with Gasteiger partial charge in [0.15, 0.2) is 0 Å².